The molecule has 2 N–H and O–H groups in total. The van der Waals surface area contributed by atoms with Gasteiger partial charge in [0.15, 0.2) is 11.5 Å². The lowest BCUT2D eigenvalue weighted by Crippen LogP contribution is -2.28. The maximum Gasteiger partial charge on any atom is 0.166 e. The first-order chi connectivity index (χ1) is 7.43. The Morgan fingerprint density at radius 3 is 2.25 bits per heavy atom. The molecule has 1 aromatic rings. The summed E-state index contributed by atoms with van der Waals surface area (Å²) in [6, 6.07) is 3.49. The summed E-state index contributed by atoms with van der Waals surface area (Å²) in [5.41, 5.74) is 6.71. The highest BCUT2D eigenvalue weighted by molar-refractivity contribution is 5.50. The first-order valence-corrected chi connectivity index (χ1v) is 5.04. The monoisotopic (exact) mass is 227 g/mol. The highest BCUT2D eigenvalue weighted by Crippen LogP contribution is 2.35. The van der Waals surface area contributed by atoms with E-state index in [9.17, 15) is 4.39 Å². The van der Waals surface area contributed by atoms with Crippen LogP contribution in [0.4, 0.5) is 4.39 Å². The second kappa shape index (κ2) is 4.70. The van der Waals surface area contributed by atoms with E-state index in [2.05, 4.69) is 0 Å². The van der Waals surface area contributed by atoms with Gasteiger partial charge in [0.2, 0.25) is 0 Å². The van der Waals surface area contributed by atoms with E-state index in [4.69, 9.17) is 15.2 Å². The quantitative estimate of drug-likeness (QED) is 0.858. The number of hydrogen-bond donors (Lipinski definition) is 1. The molecule has 3 nitrogen and oxygen atoms in total. The lowest BCUT2D eigenvalue weighted by atomic mass is 9.93. The molecule has 0 saturated carbocycles. The first-order valence-electron chi connectivity index (χ1n) is 5.04. The van der Waals surface area contributed by atoms with E-state index in [1.165, 1.54) is 14.2 Å². The van der Waals surface area contributed by atoms with E-state index < -0.39 is 12.2 Å². The van der Waals surface area contributed by atoms with Crippen LogP contribution in [-0.2, 0) is 12.2 Å². The van der Waals surface area contributed by atoms with Crippen LogP contribution in [0.5, 0.6) is 11.5 Å². The van der Waals surface area contributed by atoms with Gasteiger partial charge in [-0.05, 0) is 31.5 Å². The van der Waals surface area contributed by atoms with Crippen molar-refractivity contribution in [2.24, 2.45) is 5.73 Å². The van der Waals surface area contributed by atoms with Crippen LogP contribution in [-0.4, -0.2) is 14.2 Å². The third-order valence-electron chi connectivity index (χ3n) is 2.44. The molecule has 0 fully saturated rings. The fourth-order valence-corrected chi connectivity index (χ4v) is 1.51. The van der Waals surface area contributed by atoms with Crippen molar-refractivity contribution in [3.05, 3.63) is 23.3 Å². The van der Waals surface area contributed by atoms with Crippen molar-refractivity contribution in [1.82, 2.24) is 0 Å². The van der Waals surface area contributed by atoms with Crippen LogP contribution in [0, 0.1) is 0 Å². The van der Waals surface area contributed by atoms with Crippen molar-refractivity contribution < 1.29 is 13.9 Å². The average Bonchev–Trinajstić information content (AvgIpc) is 2.25. The number of ether oxygens (including phenoxy) is 2. The Kier molecular flexibility index (Phi) is 3.75. The molecule has 4 heteroatoms. The number of nitrogens with two attached hydrogens (primary N) is 1. The molecule has 0 radical (unpaired) electrons. The first kappa shape index (κ1) is 12.8. The average molecular weight is 227 g/mol. The molecule has 0 aliphatic heterocycles. The fourth-order valence-electron chi connectivity index (χ4n) is 1.51. The molecule has 0 spiro atoms. The SMILES string of the molecule is COc1cc(C(C)(C)N)cc(CF)c1OC. The summed E-state index contributed by atoms with van der Waals surface area (Å²) in [5, 5.41) is 0. The predicted octanol–water partition coefficient (Wildman–Crippen LogP) is 2.37. The number of alkyl halides is 1. The molecule has 1 aromatic carbocycles. The maximum atomic E-state index is 12.9. The smallest absolute Gasteiger partial charge is 0.166 e. The van der Waals surface area contributed by atoms with E-state index >= 15 is 0 Å². The third kappa shape index (κ3) is 2.44. The molecule has 0 atom stereocenters. The summed E-state index contributed by atoms with van der Waals surface area (Å²) >= 11 is 0. The van der Waals surface area contributed by atoms with Crippen molar-refractivity contribution in [3.63, 3.8) is 0 Å². The van der Waals surface area contributed by atoms with Crippen LogP contribution in [0.1, 0.15) is 25.0 Å². The Morgan fingerprint density at radius 2 is 1.88 bits per heavy atom. The van der Waals surface area contributed by atoms with Crippen molar-refractivity contribution >= 4 is 0 Å². The van der Waals surface area contributed by atoms with Gasteiger partial charge in [0.25, 0.3) is 0 Å². The van der Waals surface area contributed by atoms with Crippen LogP contribution >= 0.6 is 0 Å². The molecule has 0 aliphatic rings. The summed E-state index contributed by atoms with van der Waals surface area (Å²) in [6.45, 7) is 3.11. The minimum atomic E-state index is -0.608. The van der Waals surface area contributed by atoms with Gasteiger partial charge in [-0.25, -0.2) is 4.39 Å². The molecule has 0 heterocycles. The number of rotatable bonds is 4. The lowest BCUT2D eigenvalue weighted by Gasteiger charge is -2.22. The number of benzene rings is 1. The van der Waals surface area contributed by atoms with Gasteiger partial charge in [0.1, 0.15) is 6.67 Å². The number of hydrogen-bond acceptors (Lipinski definition) is 3. The molecule has 0 unspecified atom stereocenters. The molecule has 16 heavy (non-hydrogen) atoms. The van der Waals surface area contributed by atoms with Gasteiger partial charge < -0.3 is 15.2 Å². The highest BCUT2D eigenvalue weighted by atomic mass is 19.1. The predicted molar refractivity (Wildman–Crippen MR) is 61.6 cm³/mol. The summed E-state index contributed by atoms with van der Waals surface area (Å²) in [5.74, 6) is 0.934. The molecular weight excluding hydrogens is 209 g/mol. The summed E-state index contributed by atoms with van der Waals surface area (Å²) < 4.78 is 23.2. The van der Waals surface area contributed by atoms with Gasteiger partial charge in [0.05, 0.1) is 14.2 Å². The van der Waals surface area contributed by atoms with Crippen LogP contribution in [0.25, 0.3) is 0 Å². The van der Waals surface area contributed by atoms with Crippen molar-refractivity contribution in [2.45, 2.75) is 26.1 Å². The van der Waals surface area contributed by atoms with E-state index in [1.807, 2.05) is 13.8 Å². The molecule has 0 saturated heterocycles. The summed E-state index contributed by atoms with van der Waals surface area (Å²) in [6.07, 6.45) is 0. The summed E-state index contributed by atoms with van der Waals surface area (Å²) in [7, 11) is 3.01. The van der Waals surface area contributed by atoms with Gasteiger partial charge in [-0.2, -0.15) is 0 Å². The van der Waals surface area contributed by atoms with Gasteiger partial charge in [-0.3, -0.25) is 0 Å². The fraction of sp³-hybridized carbons (Fsp3) is 0.500. The van der Waals surface area contributed by atoms with Gasteiger partial charge in [0, 0.05) is 11.1 Å². The second-order valence-electron chi connectivity index (χ2n) is 4.23. The van der Waals surface area contributed by atoms with Crippen LogP contribution in [0.15, 0.2) is 12.1 Å². The van der Waals surface area contributed by atoms with E-state index in [-0.39, 0.29) is 0 Å². The molecule has 0 amide bonds. The van der Waals surface area contributed by atoms with E-state index in [1.54, 1.807) is 12.1 Å². The third-order valence-corrected chi connectivity index (χ3v) is 2.44. The largest absolute Gasteiger partial charge is 0.493 e. The van der Waals surface area contributed by atoms with E-state index in [0.29, 0.717) is 17.1 Å². The standard InChI is InChI=1S/C12H18FNO2/c1-12(2,14)9-5-8(7-13)11(16-4)10(6-9)15-3/h5-6H,7,14H2,1-4H3. The van der Waals surface area contributed by atoms with Crippen LogP contribution < -0.4 is 15.2 Å². The zero-order valence-electron chi connectivity index (χ0n) is 10.1. The highest BCUT2D eigenvalue weighted by Gasteiger charge is 2.20. The lowest BCUT2D eigenvalue weighted by molar-refractivity contribution is 0.343. The van der Waals surface area contributed by atoms with Gasteiger partial charge in [-0.1, -0.05) is 0 Å². The molecule has 0 aromatic heterocycles. The van der Waals surface area contributed by atoms with Gasteiger partial charge >= 0.3 is 0 Å². The minimum absolute atomic E-state index is 0.429. The van der Waals surface area contributed by atoms with Gasteiger partial charge in [-0.15, -0.1) is 0 Å². The van der Waals surface area contributed by atoms with Crippen molar-refractivity contribution in [2.75, 3.05) is 14.2 Å². The van der Waals surface area contributed by atoms with E-state index in [0.717, 1.165) is 5.56 Å². The Bertz CT molecular complexity index is 347. The summed E-state index contributed by atoms with van der Waals surface area (Å²) in [4.78, 5) is 0. The van der Waals surface area contributed by atoms with Crippen LogP contribution in [0.3, 0.4) is 0 Å². The molecular formula is C12H18FNO2. The Labute approximate surface area is 95.4 Å². The van der Waals surface area contributed by atoms with Crippen LogP contribution in [0.2, 0.25) is 0 Å². The Hall–Kier alpha value is -1.29. The molecule has 1 rings (SSSR count). The molecule has 0 bridgehead atoms. The molecule has 90 valence electrons. The number of methoxy groups -OCH3 is 2. The topological polar surface area (TPSA) is 44.5 Å². The second-order valence-corrected chi connectivity index (χ2v) is 4.23. The normalized spacial score (nSPS) is 11.4. The van der Waals surface area contributed by atoms with Crippen molar-refractivity contribution in [1.29, 1.82) is 0 Å². The van der Waals surface area contributed by atoms with Crippen molar-refractivity contribution in [3.8, 4) is 11.5 Å². The minimum Gasteiger partial charge on any atom is -0.493 e. The number of halogens is 1. The Morgan fingerprint density at radius 1 is 1.25 bits per heavy atom. The molecule has 0 aliphatic carbocycles. The zero-order valence-corrected chi connectivity index (χ0v) is 10.1. The Balaban J connectivity index is 3.37. The maximum absolute atomic E-state index is 12.9. The zero-order chi connectivity index (χ0) is 12.3.